The number of carbonyl (C=O) groups is 2. The smallest absolute Gasteiger partial charge is 0.302 e. The molecule has 1 saturated heterocycles. The van der Waals surface area contributed by atoms with Gasteiger partial charge in [0.2, 0.25) is 5.91 Å². The van der Waals surface area contributed by atoms with Gasteiger partial charge in [-0.2, -0.15) is 0 Å². The summed E-state index contributed by atoms with van der Waals surface area (Å²) in [4.78, 5) is 22.4. The Hall–Kier alpha value is -1.96. The largest absolute Gasteiger partial charge is 0.463 e. The van der Waals surface area contributed by atoms with Gasteiger partial charge in [-0.3, -0.25) is 9.59 Å². The number of unbranched alkanes of at least 4 members (excludes halogenated alkanes) is 3. The van der Waals surface area contributed by atoms with Gasteiger partial charge in [-0.05, 0) is 31.2 Å². The number of carbonyl (C=O) groups excluding carboxylic acids is 2. The van der Waals surface area contributed by atoms with E-state index >= 15 is 0 Å². The number of benzene rings is 1. The lowest BCUT2D eigenvalue weighted by Gasteiger charge is -2.35. The molecule has 1 aromatic rings. The van der Waals surface area contributed by atoms with E-state index in [2.05, 4.69) is 17.4 Å². The number of hydrogen-bond donors (Lipinski definition) is 1. The SMILES string of the molecule is CC(=O)N[C@@H]1[CH][CH][C@H](COC(C)=O)O[C@H]1OCCCCCCOCc1ccccc1. The van der Waals surface area contributed by atoms with E-state index in [1.54, 1.807) is 6.42 Å². The van der Waals surface area contributed by atoms with E-state index in [1.165, 1.54) is 19.4 Å². The summed E-state index contributed by atoms with van der Waals surface area (Å²) >= 11 is 0. The first-order chi connectivity index (χ1) is 14.5. The Morgan fingerprint density at radius 3 is 2.43 bits per heavy atom. The van der Waals surface area contributed by atoms with Gasteiger partial charge >= 0.3 is 5.97 Å². The lowest BCUT2D eigenvalue weighted by molar-refractivity contribution is -0.196. The standard InChI is InChI=1S/C23H33NO6/c1-18(25)24-22-13-12-21(17-29-19(2)26)30-23(22)28-15-9-4-3-8-14-27-16-20-10-6-5-7-11-20/h5-7,10-13,21-23H,3-4,8-9,14-17H2,1-2H3,(H,24,25)/t21-,22-,23-/m1/s1. The van der Waals surface area contributed by atoms with E-state index < -0.39 is 6.29 Å². The van der Waals surface area contributed by atoms with Gasteiger partial charge in [0.1, 0.15) is 6.61 Å². The highest BCUT2D eigenvalue weighted by Gasteiger charge is 2.33. The average Bonchev–Trinajstić information content (AvgIpc) is 2.72. The zero-order chi connectivity index (χ0) is 21.6. The summed E-state index contributed by atoms with van der Waals surface area (Å²) < 4.78 is 22.4. The molecule has 2 radical (unpaired) electrons. The Labute approximate surface area is 179 Å². The summed E-state index contributed by atoms with van der Waals surface area (Å²) in [6.07, 6.45) is 6.61. The highest BCUT2D eigenvalue weighted by atomic mass is 16.7. The number of amides is 1. The molecule has 166 valence electrons. The van der Waals surface area contributed by atoms with Crippen LogP contribution in [-0.4, -0.2) is 50.1 Å². The molecule has 1 aromatic carbocycles. The molecule has 1 fully saturated rings. The summed E-state index contributed by atoms with van der Waals surface area (Å²) in [5, 5.41) is 2.81. The van der Waals surface area contributed by atoms with Gasteiger partial charge in [-0.1, -0.05) is 43.2 Å². The van der Waals surface area contributed by atoms with Crippen molar-refractivity contribution in [1.29, 1.82) is 0 Å². The first kappa shape index (κ1) is 24.3. The van der Waals surface area contributed by atoms with Crippen molar-refractivity contribution in [2.24, 2.45) is 0 Å². The zero-order valence-electron chi connectivity index (χ0n) is 17.9. The summed E-state index contributed by atoms with van der Waals surface area (Å²) in [5.41, 5.74) is 1.19. The molecule has 1 aliphatic heterocycles. The van der Waals surface area contributed by atoms with Gasteiger partial charge in [0.05, 0.1) is 18.8 Å². The first-order valence-corrected chi connectivity index (χ1v) is 10.5. The lowest BCUT2D eigenvalue weighted by atomic mass is 10.0. The van der Waals surface area contributed by atoms with E-state index in [-0.39, 0.29) is 30.6 Å². The molecular formula is C23H33NO6. The van der Waals surface area contributed by atoms with Crippen LogP contribution in [0.1, 0.15) is 45.1 Å². The highest BCUT2D eigenvalue weighted by molar-refractivity contribution is 5.73. The topological polar surface area (TPSA) is 83.1 Å². The molecule has 7 nitrogen and oxygen atoms in total. The van der Waals surface area contributed by atoms with Crippen molar-refractivity contribution in [3.8, 4) is 0 Å². The molecule has 0 saturated carbocycles. The third-order valence-corrected chi connectivity index (χ3v) is 4.53. The van der Waals surface area contributed by atoms with Crippen molar-refractivity contribution in [3.63, 3.8) is 0 Å². The molecule has 1 heterocycles. The maximum atomic E-state index is 11.4. The van der Waals surface area contributed by atoms with Gasteiger partial charge in [0, 0.05) is 27.1 Å². The predicted octanol–water partition coefficient (Wildman–Crippen LogP) is 2.98. The fraction of sp³-hybridized carbons (Fsp3) is 0.565. The van der Waals surface area contributed by atoms with Gasteiger partial charge < -0.3 is 24.3 Å². The van der Waals surface area contributed by atoms with Crippen LogP contribution < -0.4 is 5.32 Å². The van der Waals surface area contributed by atoms with Crippen LogP contribution in [0.25, 0.3) is 0 Å². The van der Waals surface area contributed by atoms with Crippen LogP contribution in [0.4, 0.5) is 0 Å². The minimum atomic E-state index is -0.603. The second kappa shape index (κ2) is 14.1. The quantitative estimate of drug-likeness (QED) is 0.391. The lowest BCUT2D eigenvalue weighted by Crippen LogP contribution is -2.51. The van der Waals surface area contributed by atoms with Crippen LogP contribution in [-0.2, 0) is 35.1 Å². The molecule has 1 N–H and O–H groups in total. The van der Waals surface area contributed by atoms with Gasteiger partial charge in [0.15, 0.2) is 6.29 Å². The number of ether oxygens (including phenoxy) is 4. The van der Waals surface area contributed by atoms with Crippen molar-refractivity contribution in [3.05, 3.63) is 48.7 Å². The van der Waals surface area contributed by atoms with Crippen molar-refractivity contribution < 1.29 is 28.5 Å². The molecule has 1 amide bonds. The molecule has 2 rings (SSSR count). The molecule has 0 aliphatic carbocycles. The van der Waals surface area contributed by atoms with Gasteiger partial charge in [-0.15, -0.1) is 0 Å². The Morgan fingerprint density at radius 1 is 1.00 bits per heavy atom. The number of rotatable bonds is 13. The number of nitrogens with one attached hydrogen (secondary N) is 1. The van der Waals surface area contributed by atoms with E-state index in [0.717, 1.165) is 32.3 Å². The minimum absolute atomic E-state index is 0.126. The Morgan fingerprint density at radius 2 is 1.73 bits per heavy atom. The van der Waals surface area contributed by atoms with Crippen LogP contribution in [0.2, 0.25) is 0 Å². The normalized spacial score (nSPS) is 21.2. The molecule has 0 spiro atoms. The Kier molecular flexibility index (Phi) is 11.4. The number of hydrogen-bond acceptors (Lipinski definition) is 6. The van der Waals surface area contributed by atoms with E-state index in [9.17, 15) is 9.59 Å². The third-order valence-electron chi connectivity index (χ3n) is 4.53. The summed E-state index contributed by atoms with van der Waals surface area (Å²) in [6, 6.07) is 9.79. The summed E-state index contributed by atoms with van der Waals surface area (Å²) in [6.45, 7) is 4.86. The van der Waals surface area contributed by atoms with E-state index in [1.807, 2.05) is 24.6 Å². The molecule has 3 atom stereocenters. The maximum absolute atomic E-state index is 11.4. The predicted molar refractivity (Wildman–Crippen MR) is 112 cm³/mol. The molecule has 0 unspecified atom stereocenters. The molecule has 0 bridgehead atoms. The third kappa shape index (κ3) is 10.2. The monoisotopic (exact) mass is 419 g/mol. The minimum Gasteiger partial charge on any atom is -0.463 e. The van der Waals surface area contributed by atoms with Crippen LogP contribution in [0, 0.1) is 12.8 Å². The summed E-state index contributed by atoms with van der Waals surface area (Å²) in [5.74, 6) is -0.517. The fourth-order valence-corrected chi connectivity index (χ4v) is 3.05. The molecular weight excluding hydrogens is 386 g/mol. The van der Waals surface area contributed by atoms with Crippen LogP contribution in [0.3, 0.4) is 0 Å². The van der Waals surface area contributed by atoms with Crippen molar-refractivity contribution >= 4 is 11.9 Å². The molecule has 30 heavy (non-hydrogen) atoms. The van der Waals surface area contributed by atoms with E-state index in [4.69, 9.17) is 18.9 Å². The summed E-state index contributed by atoms with van der Waals surface area (Å²) in [7, 11) is 0. The van der Waals surface area contributed by atoms with Crippen LogP contribution in [0.5, 0.6) is 0 Å². The van der Waals surface area contributed by atoms with Crippen LogP contribution in [0.15, 0.2) is 30.3 Å². The fourth-order valence-electron chi connectivity index (χ4n) is 3.05. The molecule has 7 heteroatoms. The highest BCUT2D eigenvalue weighted by Crippen LogP contribution is 2.20. The van der Waals surface area contributed by atoms with Gasteiger partial charge in [0.25, 0.3) is 0 Å². The van der Waals surface area contributed by atoms with Crippen LogP contribution >= 0.6 is 0 Å². The molecule has 1 aliphatic rings. The van der Waals surface area contributed by atoms with Crippen molar-refractivity contribution in [1.82, 2.24) is 5.32 Å². The average molecular weight is 420 g/mol. The van der Waals surface area contributed by atoms with Gasteiger partial charge in [-0.25, -0.2) is 0 Å². The first-order valence-electron chi connectivity index (χ1n) is 10.5. The Bertz CT molecular complexity index is 623. The van der Waals surface area contributed by atoms with E-state index in [0.29, 0.717) is 13.2 Å². The zero-order valence-corrected chi connectivity index (χ0v) is 17.9. The second-order valence-electron chi connectivity index (χ2n) is 7.28. The maximum Gasteiger partial charge on any atom is 0.302 e. The second-order valence-corrected chi connectivity index (χ2v) is 7.28. The van der Waals surface area contributed by atoms with Crippen molar-refractivity contribution in [2.75, 3.05) is 19.8 Å². The van der Waals surface area contributed by atoms with Crippen molar-refractivity contribution in [2.45, 2.75) is 64.6 Å². The molecule has 0 aromatic heterocycles. The number of esters is 1. The Balaban J connectivity index is 1.57.